The molecular formula is C18H23NO4. The summed E-state index contributed by atoms with van der Waals surface area (Å²) in [6, 6.07) is 8.64. The van der Waals surface area contributed by atoms with Gasteiger partial charge in [-0.2, -0.15) is 0 Å². The van der Waals surface area contributed by atoms with Crippen LogP contribution in [0.3, 0.4) is 0 Å². The minimum atomic E-state index is -1.53. The predicted molar refractivity (Wildman–Crippen MR) is 85.0 cm³/mol. The molecule has 0 aliphatic carbocycles. The Balaban J connectivity index is 2.11. The van der Waals surface area contributed by atoms with E-state index in [1.54, 1.807) is 31.2 Å². The smallest absolute Gasteiger partial charge is 0.324 e. The van der Waals surface area contributed by atoms with Crippen molar-refractivity contribution in [1.82, 2.24) is 4.90 Å². The van der Waals surface area contributed by atoms with E-state index in [0.717, 1.165) is 12.8 Å². The van der Waals surface area contributed by atoms with Crippen molar-refractivity contribution >= 4 is 11.8 Å². The number of fused-ring (bicyclic) bond motifs is 2. The lowest BCUT2D eigenvalue weighted by molar-refractivity contribution is -0.168. The Morgan fingerprint density at radius 2 is 2.00 bits per heavy atom. The van der Waals surface area contributed by atoms with Gasteiger partial charge >= 0.3 is 5.97 Å². The molecule has 0 aromatic heterocycles. The molecule has 2 heterocycles. The van der Waals surface area contributed by atoms with Gasteiger partial charge in [0.1, 0.15) is 0 Å². The number of Topliss-reactive ketones (excluding diaryl/α,β-unsaturated/α-hetero) is 1. The van der Waals surface area contributed by atoms with Crippen LogP contribution in [0.1, 0.15) is 36.5 Å². The number of aliphatic hydroxyl groups excluding tert-OH is 1. The van der Waals surface area contributed by atoms with Gasteiger partial charge < -0.3 is 9.84 Å². The number of hydrogen-bond acceptors (Lipinski definition) is 5. The summed E-state index contributed by atoms with van der Waals surface area (Å²) in [6.45, 7) is 1.91. The highest BCUT2D eigenvalue weighted by molar-refractivity contribution is 6.14. The molecule has 3 rings (SSSR count). The second kappa shape index (κ2) is 6.06. The number of ketones is 1. The molecule has 23 heavy (non-hydrogen) atoms. The molecule has 0 radical (unpaired) electrons. The summed E-state index contributed by atoms with van der Waals surface area (Å²) < 4.78 is 5.25. The Kier molecular flexibility index (Phi) is 4.25. The van der Waals surface area contributed by atoms with Crippen molar-refractivity contribution in [1.29, 1.82) is 0 Å². The first-order valence-corrected chi connectivity index (χ1v) is 8.20. The second-order valence-corrected chi connectivity index (χ2v) is 6.45. The van der Waals surface area contributed by atoms with Crippen molar-refractivity contribution in [2.75, 3.05) is 13.7 Å². The normalized spacial score (nSPS) is 33.4. The largest absolute Gasteiger partial charge is 0.465 e. The van der Waals surface area contributed by atoms with Crippen LogP contribution >= 0.6 is 0 Å². The highest BCUT2D eigenvalue weighted by atomic mass is 16.5. The summed E-state index contributed by atoms with van der Waals surface area (Å²) in [5.74, 6) is -0.931. The van der Waals surface area contributed by atoms with E-state index in [1.165, 1.54) is 0 Å². The van der Waals surface area contributed by atoms with E-state index < -0.39 is 17.5 Å². The van der Waals surface area contributed by atoms with Crippen LogP contribution in [0, 0.1) is 5.41 Å². The topological polar surface area (TPSA) is 66.8 Å². The fourth-order valence-electron chi connectivity index (χ4n) is 4.26. The lowest BCUT2D eigenvalue weighted by Crippen LogP contribution is -2.65. The van der Waals surface area contributed by atoms with E-state index in [-0.39, 0.29) is 24.5 Å². The molecule has 0 saturated carbocycles. The van der Waals surface area contributed by atoms with Gasteiger partial charge in [0.15, 0.2) is 11.2 Å². The third-order valence-corrected chi connectivity index (χ3v) is 5.41. The number of piperidine rings is 1. The molecular weight excluding hydrogens is 294 g/mol. The molecule has 2 bridgehead atoms. The zero-order valence-corrected chi connectivity index (χ0v) is 13.6. The molecule has 5 heteroatoms. The third-order valence-electron chi connectivity index (χ3n) is 5.41. The molecule has 1 aromatic carbocycles. The summed E-state index contributed by atoms with van der Waals surface area (Å²) in [7, 11) is 1.93. The minimum Gasteiger partial charge on any atom is -0.465 e. The average Bonchev–Trinajstić information content (AvgIpc) is 2.82. The van der Waals surface area contributed by atoms with Crippen LogP contribution in [0.5, 0.6) is 0 Å². The third kappa shape index (κ3) is 2.30. The Morgan fingerprint density at radius 1 is 1.30 bits per heavy atom. The van der Waals surface area contributed by atoms with Crippen LogP contribution in [0.2, 0.25) is 0 Å². The molecule has 0 unspecified atom stereocenters. The standard InChI is InChI=1S/C18H23NO4/c1-3-23-17(22)18(16(21)12-7-5-4-6-8-12)14-10-9-13(19(14)2)11-15(18)20/h4-8,13-15,20H,3,9-11H2,1-2H3/t13-,14+,15-,18+/m0/s1. The summed E-state index contributed by atoms with van der Waals surface area (Å²) in [6.07, 6.45) is 1.02. The van der Waals surface area contributed by atoms with Gasteiger partial charge in [-0.3, -0.25) is 14.5 Å². The number of rotatable bonds is 4. The molecule has 2 saturated heterocycles. The van der Waals surface area contributed by atoms with Crippen LogP contribution in [0.25, 0.3) is 0 Å². The Morgan fingerprint density at radius 3 is 2.65 bits per heavy atom. The van der Waals surface area contributed by atoms with E-state index in [1.807, 2.05) is 13.1 Å². The van der Waals surface area contributed by atoms with Gasteiger partial charge in [-0.05, 0) is 33.2 Å². The first-order chi connectivity index (χ1) is 11.0. The van der Waals surface area contributed by atoms with Crippen LogP contribution < -0.4 is 0 Å². The summed E-state index contributed by atoms with van der Waals surface area (Å²) >= 11 is 0. The monoisotopic (exact) mass is 317 g/mol. The van der Waals surface area contributed by atoms with Gasteiger partial charge in [0.2, 0.25) is 0 Å². The highest BCUT2D eigenvalue weighted by Crippen LogP contribution is 2.48. The summed E-state index contributed by atoms with van der Waals surface area (Å²) in [5, 5.41) is 10.8. The van der Waals surface area contributed by atoms with E-state index in [9.17, 15) is 14.7 Å². The zero-order valence-electron chi connectivity index (χ0n) is 13.6. The van der Waals surface area contributed by atoms with E-state index in [4.69, 9.17) is 4.74 Å². The summed E-state index contributed by atoms with van der Waals surface area (Å²) in [5.41, 5.74) is -1.09. The van der Waals surface area contributed by atoms with Crippen molar-refractivity contribution < 1.29 is 19.4 Å². The van der Waals surface area contributed by atoms with Crippen LogP contribution in [-0.4, -0.2) is 53.6 Å². The number of benzene rings is 1. The molecule has 124 valence electrons. The first-order valence-electron chi connectivity index (χ1n) is 8.20. The predicted octanol–water partition coefficient (Wildman–Crippen LogP) is 1.65. The molecule has 0 spiro atoms. The Hall–Kier alpha value is -1.72. The van der Waals surface area contributed by atoms with Crippen molar-refractivity contribution in [3.63, 3.8) is 0 Å². The SMILES string of the molecule is CCOC(=O)[C@@]1(C(=O)c2ccccc2)[C@@H](O)C[C@@H]2CC[C@H]1N2C. The van der Waals surface area contributed by atoms with Crippen molar-refractivity contribution in [2.24, 2.45) is 5.41 Å². The van der Waals surface area contributed by atoms with Crippen LogP contribution in [-0.2, 0) is 9.53 Å². The lowest BCUT2D eigenvalue weighted by Gasteiger charge is -2.47. The average molecular weight is 317 g/mol. The molecule has 4 atom stereocenters. The maximum absolute atomic E-state index is 13.3. The van der Waals surface area contributed by atoms with Gasteiger partial charge in [-0.15, -0.1) is 0 Å². The molecule has 1 N–H and O–H groups in total. The molecule has 1 aromatic rings. The highest BCUT2D eigenvalue weighted by Gasteiger charge is 2.64. The van der Waals surface area contributed by atoms with Gasteiger partial charge in [0.25, 0.3) is 0 Å². The number of nitrogens with zero attached hydrogens (tertiary/aromatic N) is 1. The van der Waals surface area contributed by atoms with E-state index >= 15 is 0 Å². The van der Waals surface area contributed by atoms with E-state index in [2.05, 4.69) is 4.90 Å². The second-order valence-electron chi connectivity index (χ2n) is 6.45. The van der Waals surface area contributed by atoms with Gasteiger partial charge in [-0.1, -0.05) is 30.3 Å². The van der Waals surface area contributed by atoms with Gasteiger partial charge in [0.05, 0.1) is 12.7 Å². The molecule has 2 aliphatic heterocycles. The van der Waals surface area contributed by atoms with Gasteiger partial charge in [0, 0.05) is 17.6 Å². The minimum absolute atomic E-state index is 0.190. The maximum Gasteiger partial charge on any atom is 0.324 e. The Bertz CT molecular complexity index is 602. The van der Waals surface area contributed by atoms with Crippen LogP contribution in [0.15, 0.2) is 30.3 Å². The molecule has 5 nitrogen and oxygen atoms in total. The fourth-order valence-corrected chi connectivity index (χ4v) is 4.26. The summed E-state index contributed by atoms with van der Waals surface area (Å²) in [4.78, 5) is 28.2. The quantitative estimate of drug-likeness (QED) is 0.519. The lowest BCUT2D eigenvalue weighted by atomic mass is 9.67. The van der Waals surface area contributed by atoms with Crippen LogP contribution in [0.4, 0.5) is 0 Å². The van der Waals surface area contributed by atoms with E-state index in [0.29, 0.717) is 12.0 Å². The number of hydrogen-bond donors (Lipinski definition) is 1. The fraction of sp³-hybridized carbons (Fsp3) is 0.556. The zero-order chi connectivity index (χ0) is 16.6. The molecule has 2 aliphatic rings. The number of carbonyl (C=O) groups excluding carboxylic acids is 2. The van der Waals surface area contributed by atoms with Gasteiger partial charge in [-0.25, -0.2) is 0 Å². The number of ether oxygens (including phenoxy) is 1. The molecule has 0 amide bonds. The van der Waals surface area contributed by atoms with Crippen molar-refractivity contribution in [3.8, 4) is 0 Å². The van der Waals surface area contributed by atoms with Crippen molar-refractivity contribution in [2.45, 2.75) is 44.4 Å². The number of aliphatic hydroxyl groups is 1. The number of esters is 1. The first kappa shape index (κ1) is 16.1. The maximum atomic E-state index is 13.3. The molecule has 2 fully saturated rings. The van der Waals surface area contributed by atoms with Crippen molar-refractivity contribution in [3.05, 3.63) is 35.9 Å². The Labute approximate surface area is 136 Å². The number of carbonyl (C=O) groups is 2.